The van der Waals surface area contributed by atoms with Gasteiger partial charge in [0.25, 0.3) is 0 Å². The van der Waals surface area contributed by atoms with Gasteiger partial charge in [0.2, 0.25) is 0 Å². The molecule has 1 fully saturated rings. The molecule has 0 aliphatic heterocycles. The molecule has 2 nitrogen and oxygen atoms in total. The van der Waals surface area contributed by atoms with Crippen molar-refractivity contribution in [3.63, 3.8) is 0 Å². The molecular weight excluding hydrogens is 220 g/mol. The lowest BCUT2D eigenvalue weighted by molar-refractivity contribution is 0.150. The van der Waals surface area contributed by atoms with Gasteiger partial charge in [-0.3, -0.25) is 0 Å². The topological polar surface area (TPSA) is 15.3 Å². The lowest BCUT2D eigenvalue weighted by atomic mass is 9.89. The fraction of sp³-hybridized carbons (Fsp3) is 1.00. The first kappa shape index (κ1) is 16.0. The van der Waals surface area contributed by atoms with E-state index in [4.69, 9.17) is 0 Å². The van der Waals surface area contributed by atoms with Crippen molar-refractivity contribution in [1.29, 1.82) is 0 Å². The first-order valence-electron chi connectivity index (χ1n) is 8.14. The van der Waals surface area contributed by atoms with Crippen LogP contribution in [-0.4, -0.2) is 37.1 Å². The molecule has 1 N–H and O–H groups in total. The van der Waals surface area contributed by atoms with Crippen molar-refractivity contribution in [2.75, 3.05) is 20.1 Å². The van der Waals surface area contributed by atoms with Gasteiger partial charge in [0.05, 0.1) is 0 Å². The molecule has 18 heavy (non-hydrogen) atoms. The van der Waals surface area contributed by atoms with Crippen molar-refractivity contribution in [2.45, 2.75) is 77.8 Å². The van der Waals surface area contributed by atoms with Gasteiger partial charge in [0.15, 0.2) is 0 Å². The molecule has 0 aromatic rings. The highest BCUT2D eigenvalue weighted by Gasteiger charge is 2.24. The fourth-order valence-electron chi connectivity index (χ4n) is 3.17. The van der Waals surface area contributed by atoms with Gasteiger partial charge in [0.1, 0.15) is 0 Å². The van der Waals surface area contributed by atoms with Gasteiger partial charge in [0, 0.05) is 18.6 Å². The second-order valence-electron chi connectivity index (χ2n) is 6.08. The van der Waals surface area contributed by atoms with Crippen molar-refractivity contribution >= 4 is 0 Å². The van der Waals surface area contributed by atoms with Crippen molar-refractivity contribution in [2.24, 2.45) is 5.92 Å². The van der Waals surface area contributed by atoms with E-state index in [0.717, 1.165) is 18.0 Å². The molecular formula is C16H34N2. The monoisotopic (exact) mass is 254 g/mol. The van der Waals surface area contributed by atoms with Crippen LogP contribution >= 0.6 is 0 Å². The molecule has 1 saturated carbocycles. The Bertz CT molecular complexity index is 193. The summed E-state index contributed by atoms with van der Waals surface area (Å²) >= 11 is 0. The lowest BCUT2D eigenvalue weighted by Gasteiger charge is -2.36. The first-order valence-corrected chi connectivity index (χ1v) is 8.14. The quantitative estimate of drug-likeness (QED) is 0.711. The predicted octanol–water partition coefficient (Wildman–Crippen LogP) is 3.67. The van der Waals surface area contributed by atoms with E-state index < -0.39 is 0 Å². The maximum atomic E-state index is 3.68. The normalized spacial score (nSPS) is 25.0. The van der Waals surface area contributed by atoms with Gasteiger partial charge < -0.3 is 10.2 Å². The van der Waals surface area contributed by atoms with Crippen LogP contribution in [0, 0.1) is 5.92 Å². The Labute approximate surface area is 115 Å². The highest BCUT2D eigenvalue weighted by Crippen LogP contribution is 2.23. The summed E-state index contributed by atoms with van der Waals surface area (Å²) in [5.74, 6) is 0.894. The molecule has 1 rings (SSSR count). The van der Waals surface area contributed by atoms with Crippen LogP contribution < -0.4 is 5.32 Å². The molecule has 0 unspecified atom stereocenters. The van der Waals surface area contributed by atoms with Crippen molar-refractivity contribution in [3.8, 4) is 0 Å². The summed E-state index contributed by atoms with van der Waals surface area (Å²) in [5.41, 5.74) is 0. The van der Waals surface area contributed by atoms with E-state index in [-0.39, 0.29) is 0 Å². The molecule has 1 aliphatic carbocycles. The summed E-state index contributed by atoms with van der Waals surface area (Å²) in [7, 11) is 2.34. The molecule has 0 atom stereocenters. The SMILES string of the molecule is CCCNC1CCC(N(C)CC(CC)CC)CC1. The molecule has 0 aromatic heterocycles. The van der Waals surface area contributed by atoms with Crippen LogP contribution in [0.2, 0.25) is 0 Å². The molecule has 1 aliphatic rings. The minimum atomic E-state index is 0.794. The van der Waals surface area contributed by atoms with Crippen LogP contribution in [-0.2, 0) is 0 Å². The Morgan fingerprint density at radius 2 is 1.67 bits per heavy atom. The Balaban J connectivity index is 2.24. The number of hydrogen-bond donors (Lipinski definition) is 1. The van der Waals surface area contributed by atoms with E-state index in [1.807, 2.05) is 0 Å². The van der Waals surface area contributed by atoms with Crippen LogP contribution in [0.25, 0.3) is 0 Å². The third-order valence-electron chi connectivity index (χ3n) is 4.70. The second kappa shape index (κ2) is 8.92. The van der Waals surface area contributed by atoms with Gasteiger partial charge >= 0.3 is 0 Å². The molecule has 0 aromatic carbocycles. The number of nitrogens with zero attached hydrogens (tertiary/aromatic N) is 1. The summed E-state index contributed by atoms with van der Waals surface area (Å²) in [6.07, 6.45) is 9.43. The molecule has 0 heterocycles. The van der Waals surface area contributed by atoms with E-state index >= 15 is 0 Å². The average Bonchev–Trinajstić information content (AvgIpc) is 2.42. The molecule has 2 heteroatoms. The van der Waals surface area contributed by atoms with E-state index in [9.17, 15) is 0 Å². The Kier molecular flexibility index (Phi) is 7.92. The van der Waals surface area contributed by atoms with Gasteiger partial charge in [-0.1, -0.05) is 33.6 Å². The smallest absolute Gasteiger partial charge is 0.00934 e. The Morgan fingerprint density at radius 1 is 1.06 bits per heavy atom. The van der Waals surface area contributed by atoms with Gasteiger partial charge in [-0.25, -0.2) is 0 Å². The van der Waals surface area contributed by atoms with Crippen LogP contribution in [0.15, 0.2) is 0 Å². The molecule has 0 spiro atoms. The standard InChI is InChI=1S/C16H34N2/c1-5-12-17-15-8-10-16(11-9-15)18(4)13-14(6-2)7-3/h14-17H,5-13H2,1-4H3. The first-order chi connectivity index (χ1) is 8.71. The van der Waals surface area contributed by atoms with Gasteiger partial charge in [-0.15, -0.1) is 0 Å². The maximum absolute atomic E-state index is 3.68. The summed E-state index contributed by atoms with van der Waals surface area (Å²) in [6, 6.07) is 1.63. The number of hydrogen-bond acceptors (Lipinski definition) is 2. The summed E-state index contributed by atoms with van der Waals surface area (Å²) in [4.78, 5) is 2.63. The third-order valence-corrected chi connectivity index (χ3v) is 4.70. The van der Waals surface area contributed by atoms with E-state index in [0.29, 0.717) is 0 Å². The van der Waals surface area contributed by atoms with Crippen molar-refractivity contribution < 1.29 is 0 Å². The molecule has 0 radical (unpaired) electrons. The van der Waals surface area contributed by atoms with E-state index in [2.05, 4.69) is 38.0 Å². The summed E-state index contributed by atoms with van der Waals surface area (Å²) in [6.45, 7) is 9.40. The second-order valence-corrected chi connectivity index (χ2v) is 6.08. The van der Waals surface area contributed by atoms with Crippen molar-refractivity contribution in [3.05, 3.63) is 0 Å². The maximum Gasteiger partial charge on any atom is 0.00934 e. The highest BCUT2D eigenvalue weighted by atomic mass is 15.1. The largest absolute Gasteiger partial charge is 0.314 e. The Hall–Kier alpha value is -0.0800. The van der Waals surface area contributed by atoms with Crippen LogP contribution in [0.4, 0.5) is 0 Å². The predicted molar refractivity (Wildman–Crippen MR) is 81.0 cm³/mol. The van der Waals surface area contributed by atoms with Crippen LogP contribution in [0.5, 0.6) is 0 Å². The third kappa shape index (κ3) is 5.27. The lowest BCUT2D eigenvalue weighted by Crippen LogP contribution is -2.42. The highest BCUT2D eigenvalue weighted by molar-refractivity contribution is 4.82. The average molecular weight is 254 g/mol. The summed E-state index contributed by atoms with van der Waals surface area (Å²) < 4.78 is 0. The minimum absolute atomic E-state index is 0.794. The number of rotatable bonds is 8. The zero-order valence-electron chi connectivity index (χ0n) is 13.0. The van der Waals surface area contributed by atoms with Gasteiger partial charge in [-0.2, -0.15) is 0 Å². The molecule has 108 valence electrons. The zero-order chi connectivity index (χ0) is 13.4. The Morgan fingerprint density at radius 3 is 2.17 bits per heavy atom. The van der Waals surface area contributed by atoms with Gasteiger partial charge in [-0.05, 0) is 51.6 Å². The fourth-order valence-corrected chi connectivity index (χ4v) is 3.17. The van der Waals surface area contributed by atoms with E-state index in [1.165, 1.54) is 58.0 Å². The van der Waals surface area contributed by atoms with Crippen molar-refractivity contribution in [1.82, 2.24) is 10.2 Å². The van der Waals surface area contributed by atoms with Crippen LogP contribution in [0.3, 0.4) is 0 Å². The van der Waals surface area contributed by atoms with E-state index in [1.54, 1.807) is 0 Å². The molecule has 0 bridgehead atoms. The zero-order valence-corrected chi connectivity index (χ0v) is 13.0. The molecule has 0 saturated heterocycles. The summed E-state index contributed by atoms with van der Waals surface area (Å²) in [5, 5.41) is 3.68. The molecule has 0 amide bonds. The van der Waals surface area contributed by atoms with Crippen LogP contribution in [0.1, 0.15) is 65.7 Å². The minimum Gasteiger partial charge on any atom is -0.314 e. The number of nitrogens with one attached hydrogen (secondary N) is 1.